The minimum absolute atomic E-state index is 0.115. The number of hydrogen-bond donors (Lipinski definition) is 0. The summed E-state index contributed by atoms with van der Waals surface area (Å²) in [5.74, 6) is -1.83. The van der Waals surface area contributed by atoms with Gasteiger partial charge in [-0.1, -0.05) is 30.4 Å². The van der Waals surface area contributed by atoms with Crippen LogP contribution in [-0.4, -0.2) is 48.3 Å². The van der Waals surface area contributed by atoms with Crippen LogP contribution in [0.25, 0.3) is 12.2 Å². The molecule has 0 saturated carbocycles. The summed E-state index contributed by atoms with van der Waals surface area (Å²) in [5.41, 5.74) is 0.874. The summed E-state index contributed by atoms with van der Waals surface area (Å²) in [6, 6.07) is 10.0. The van der Waals surface area contributed by atoms with E-state index in [1.165, 1.54) is 75.4 Å². The summed E-state index contributed by atoms with van der Waals surface area (Å²) in [5, 5.41) is 0. The SMILES string of the molecule is CCS(=O)(=O)Oc1cccc(/C=C/C(=O)/C=C/c2ccc(OS(=O)(=O)CC)c(OS(=O)(=O)CC)c2)c1. The standard InChI is InChI=1S/C23H26O10S3/c1-4-34(25,26)31-21-9-7-8-18(16-21)10-13-20(24)14-11-19-12-15-22(32-35(27,28)5-2)23(17-19)33-36(29,30)6-3/h7-17H,4-6H2,1-3H3/b13-10+,14-11+. The highest BCUT2D eigenvalue weighted by Crippen LogP contribution is 2.31. The van der Waals surface area contributed by atoms with Gasteiger partial charge in [-0.3, -0.25) is 4.79 Å². The average Bonchev–Trinajstić information content (AvgIpc) is 2.82. The maximum atomic E-state index is 12.3. The molecule has 0 saturated heterocycles. The first-order valence-corrected chi connectivity index (χ1v) is 15.4. The van der Waals surface area contributed by atoms with Gasteiger partial charge in [0.2, 0.25) is 0 Å². The molecule has 13 heteroatoms. The van der Waals surface area contributed by atoms with E-state index in [0.717, 1.165) is 0 Å². The molecule has 0 bridgehead atoms. The zero-order chi connectivity index (χ0) is 27.0. The van der Waals surface area contributed by atoms with E-state index in [0.29, 0.717) is 11.1 Å². The van der Waals surface area contributed by atoms with Crippen LogP contribution in [0.1, 0.15) is 31.9 Å². The highest BCUT2D eigenvalue weighted by atomic mass is 32.2. The summed E-state index contributed by atoms with van der Waals surface area (Å²) in [6.07, 6.45) is 5.29. The molecule has 10 nitrogen and oxygen atoms in total. The third-order valence-corrected chi connectivity index (χ3v) is 7.86. The molecule has 0 atom stereocenters. The van der Waals surface area contributed by atoms with Crippen molar-refractivity contribution in [2.75, 3.05) is 17.3 Å². The Kier molecular flexibility index (Phi) is 9.85. The predicted molar refractivity (Wildman–Crippen MR) is 136 cm³/mol. The zero-order valence-electron chi connectivity index (χ0n) is 19.8. The molecular weight excluding hydrogens is 532 g/mol. The molecule has 0 aliphatic rings. The Balaban J connectivity index is 2.23. The van der Waals surface area contributed by atoms with Crippen molar-refractivity contribution in [3.8, 4) is 17.2 Å². The molecule has 196 valence electrons. The summed E-state index contributed by atoms with van der Waals surface area (Å²) in [6.45, 7) is 4.18. The van der Waals surface area contributed by atoms with Crippen LogP contribution >= 0.6 is 0 Å². The van der Waals surface area contributed by atoms with Gasteiger partial charge >= 0.3 is 30.4 Å². The minimum atomic E-state index is -3.99. The molecular formula is C23H26O10S3. The van der Waals surface area contributed by atoms with E-state index in [2.05, 4.69) is 0 Å². The third kappa shape index (κ3) is 9.47. The Morgan fingerprint density at radius 2 is 1.17 bits per heavy atom. The molecule has 0 aliphatic heterocycles. The number of rotatable bonds is 13. The molecule has 0 aromatic heterocycles. The molecule has 36 heavy (non-hydrogen) atoms. The summed E-state index contributed by atoms with van der Waals surface area (Å²) in [4.78, 5) is 12.3. The van der Waals surface area contributed by atoms with Crippen LogP contribution in [0.5, 0.6) is 17.2 Å². The fraction of sp³-hybridized carbons (Fsp3) is 0.261. The van der Waals surface area contributed by atoms with E-state index in [-0.39, 0.29) is 34.5 Å². The van der Waals surface area contributed by atoms with Crippen LogP contribution in [0, 0.1) is 0 Å². The molecule has 0 unspecified atom stereocenters. The summed E-state index contributed by atoms with van der Waals surface area (Å²) >= 11 is 0. The highest BCUT2D eigenvalue weighted by Gasteiger charge is 2.19. The second-order valence-corrected chi connectivity index (χ2v) is 12.7. The fourth-order valence-corrected chi connectivity index (χ4v) is 4.01. The van der Waals surface area contributed by atoms with Gasteiger partial charge in [-0.2, -0.15) is 25.3 Å². The largest absolute Gasteiger partial charge is 0.382 e. The van der Waals surface area contributed by atoms with Crippen LogP contribution in [0.4, 0.5) is 0 Å². The van der Waals surface area contributed by atoms with Gasteiger partial charge in [-0.25, -0.2) is 0 Å². The van der Waals surface area contributed by atoms with Crippen molar-refractivity contribution in [1.29, 1.82) is 0 Å². The normalized spacial score (nSPS) is 12.6. The Hall–Kier alpha value is -3.16. The van der Waals surface area contributed by atoms with Crippen LogP contribution in [-0.2, 0) is 35.1 Å². The van der Waals surface area contributed by atoms with E-state index >= 15 is 0 Å². The fourth-order valence-electron chi connectivity index (χ4n) is 2.44. The Bertz CT molecular complexity index is 1470. The molecule has 0 radical (unpaired) electrons. The van der Waals surface area contributed by atoms with Gasteiger partial charge in [0.1, 0.15) is 5.75 Å². The van der Waals surface area contributed by atoms with Crippen molar-refractivity contribution < 1.29 is 42.6 Å². The molecule has 0 aliphatic carbocycles. The van der Waals surface area contributed by atoms with Gasteiger partial charge < -0.3 is 12.5 Å². The van der Waals surface area contributed by atoms with Crippen LogP contribution < -0.4 is 12.5 Å². The van der Waals surface area contributed by atoms with E-state index in [1.54, 1.807) is 12.1 Å². The lowest BCUT2D eigenvalue weighted by molar-refractivity contribution is -0.110. The first-order chi connectivity index (χ1) is 16.8. The second kappa shape index (κ2) is 12.2. The van der Waals surface area contributed by atoms with E-state index in [1.807, 2.05) is 0 Å². The quantitative estimate of drug-likeness (QED) is 0.265. The molecule has 0 heterocycles. The average molecular weight is 559 g/mol. The lowest BCUT2D eigenvalue weighted by Crippen LogP contribution is -2.15. The smallest absolute Gasteiger partial charge is 0.309 e. The van der Waals surface area contributed by atoms with Gasteiger partial charge in [0, 0.05) is 0 Å². The third-order valence-electron chi connectivity index (χ3n) is 4.42. The number of allylic oxidation sites excluding steroid dienone is 2. The van der Waals surface area contributed by atoms with Crippen molar-refractivity contribution >= 4 is 48.3 Å². The van der Waals surface area contributed by atoms with Crippen LogP contribution in [0.15, 0.2) is 54.6 Å². The van der Waals surface area contributed by atoms with Crippen molar-refractivity contribution in [1.82, 2.24) is 0 Å². The van der Waals surface area contributed by atoms with E-state index in [9.17, 15) is 30.0 Å². The first-order valence-electron chi connectivity index (χ1n) is 10.7. The molecule has 0 amide bonds. The Morgan fingerprint density at radius 1 is 0.667 bits per heavy atom. The number of benzene rings is 2. The minimum Gasteiger partial charge on any atom is -0.382 e. The monoisotopic (exact) mass is 558 g/mol. The van der Waals surface area contributed by atoms with E-state index < -0.39 is 36.1 Å². The molecule has 0 fully saturated rings. The van der Waals surface area contributed by atoms with E-state index in [4.69, 9.17) is 12.5 Å². The lowest BCUT2D eigenvalue weighted by atomic mass is 10.1. The molecule has 2 aromatic rings. The van der Waals surface area contributed by atoms with Crippen molar-refractivity contribution in [2.24, 2.45) is 0 Å². The second-order valence-electron chi connectivity index (χ2n) is 7.14. The van der Waals surface area contributed by atoms with Crippen LogP contribution in [0.3, 0.4) is 0 Å². The molecule has 0 spiro atoms. The number of hydrogen-bond acceptors (Lipinski definition) is 10. The lowest BCUT2D eigenvalue weighted by Gasteiger charge is -2.12. The predicted octanol–water partition coefficient (Wildman–Crippen LogP) is 3.17. The highest BCUT2D eigenvalue weighted by molar-refractivity contribution is 7.87. The van der Waals surface area contributed by atoms with Gasteiger partial charge in [-0.05, 0) is 68.3 Å². The first kappa shape index (κ1) is 29.1. The zero-order valence-corrected chi connectivity index (χ0v) is 22.2. The van der Waals surface area contributed by atoms with Gasteiger partial charge in [0.25, 0.3) is 0 Å². The molecule has 2 aromatic carbocycles. The topological polar surface area (TPSA) is 147 Å². The maximum Gasteiger partial charge on any atom is 0.309 e. The Morgan fingerprint density at radius 3 is 1.72 bits per heavy atom. The molecule has 2 rings (SSSR count). The summed E-state index contributed by atoms with van der Waals surface area (Å²) < 4.78 is 85.5. The van der Waals surface area contributed by atoms with Crippen molar-refractivity contribution in [2.45, 2.75) is 20.8 Å². The Labute approximate surface area is 211 Å². The van der Waals surface area contributed by atoms with Gasteiger partial charge in [-0.15, -0.1) is 0 Å². The number of ketones is 1. The maximum absolute atomic E-state index is 12.3. The number of carbonyl (C=O) groups excluding carboxylic acids is 1. The van der Waals surface area contributed by atoms with Crippen LogP contribution in [0.2, 0.25) is 0 Å². The van der Waals surface area contributed by atoms with Gasteiger partial charge in [0.05, 0.1) is 17.3 Å². The number of carbonyl (C=O) groups is 1. The van der Waals surface area contributed by atoms with Gasteiger partial charge in [0.15, 0.2) is 17.3 Å². The molecule has 0 N–H and O–H groups in total. The van der Waals surface area contributed by atoms with Crippen molar-refractivity contribution in [3.63, 3.8) is 0 Å². The summed E-state index contributed by atoms with van der Waals surface area (Å²) in [7, 11) is -11.6. The van der Waals surface area contributed by atoms with Crippen molar-refractivity contribution in [3.05, 3.63) is 65.7 Å².